The number of carbonyl (C=O) groups excluding carboxylic acids is 7. The molecule has 0 unspecified atom stereocenters. The number of fused-ring (bicyclic) bond motifs is 5. The highest BCUT2D eigenvalue weighted by molar-refractivity contribution is 8.13. The van der Waals surface area contributed by atoms with Crippen LogP contribution in [0, 0.1) is 5.53 Å². The Morgan fingerprint density at radius 2 is 0.660 bits per heavy atom. The molecule has 0 fully saturated rings. The fourth-order valence-corrected chi connectivity index (χ4v) is 25.2. The Balaban J connectivity index is 0.000000157. The number of sulfonamides is 4. The number of ether oxygens (including phenoxy) is 6. The number of aliphatic hydroxyl groups is 3. The van der Waals surface area contributed by atoms with Gasteiger partial charge in [0.05, 0.1) is 90.9 Å². The van der Waals surface area contributed by atoms with Crippen molar-refractivity contribution in [1.29, 1.82) is 5.53 Å². The number of benzene rings is 5. The van der Waals surface area contributed by atoms with Crippen LogP contribution in [-0.2, 0) is 87.4 Å². The standard InChI is InChI=1S/C20H25N3O6S.C18H23N3O5S.C17H20N2O4S.C16H19N3O4S.C11H18N2O2.C10H10ClNO4S.C4H8O3.ClHN4.ClH/c1-13(24)23-6-7-29-18-5-4-16(8-17(18)23)30(27,28)22-11-14-9-21(10-15(14)12-22)19(25)20(2,3)26;1-18(2,23)17(22)20-8-12-10-21(11-13(12)9-20)27(24,25)14-3-4-16-15(7-14)19-5-6-26-16;1-12(20)19-7-8-23-17-6-5-15(9-16(17)19)24(21,22)18-10-13-3-2-4-14(13)11-18;1-11(20)19-4-5-23-16-3-2-14(6-15(16)19)24(21,22)18-9-12-7-17-8-13(12)10-18;1-11(2,3)15-10(14)13-6-8-4-12-5-9(8)7-13;1-7(13)12-4-5-16-10-3-2-8(6-9(10)12)17(11,14)15;1-4(2,7)3(5)6;1-3-5-4-2;/h4-5,8,26H,6-7,9-12H2,1-3H3;3-4,7,19,23H,5-6,8-11H2,1-2H3;5-6,9H,2-4,7-8,10-11H2,1H3;2-3,6,17H,4-5,7-10H2,1H3;12H,4-7H2,1-3H3;2-3,6H,4-5H2,1H3;7H,1-2H3,(H,5,6);2H;1H. The van der Waals surface area contributed by atoms with Gasteiger partial charge in [0.2, 0.25) is 63.7 Å². The van der Waals surface area contributed by atoms with Crippen molar-refractivity contribution in [2.75, 3.05) is 208 Å². The van der Waals surface area contributed by atoms with Gasteiger partial charge in [0.1, 0.15) is 78.6 Å². The van der Waals surface area contributed by atoms with Gasteiger partial charge in [-0.05, 0) is 228 Å². The number of carbonyl (C=O) groups is 8. The van der Waals surface area contributed by atoms with Crippen molar-refractivity contribution in [3.8, 4) is 28.7 Å². The molecule has 8 N–H and O–H groups in total. The van der Waals surface area contributed by atoms with Gasteiger partial charge in [0.25, 0.3) is 20.9 Å². The van der Waals surface area contributed by atoms with Crippen molar-refractivity contribution >= 4 is 160 Å². The molecule has 5 aromatic carbocycles. The molecule has 0 bridgehead atoms. The maximum absolute atomic E-state index is 13.2. The molecule has 46 nitrogen and oxygen atoms in total. The van der Waals surface area contributed by atoms with E-state index in [1.165, 1.54) is 156 Å². The molecule has 0 aromatic heterocycles. The smallest absolute Gasteiger partial charge is 0.410 e. The largest absolute Gasteiger partial charge is 0.490 e. The fraction of sp³-hybridized carbons (Fsp3) is 0.500. The third-order valence-corrected chi connectivity index (χ3v) is 34.6. The molecule has 1 aliphatic carbocycles. The topological polar surface area (TPSA) is 576 Å². The number of amides is 7. The molecule has 0 saturated heterocycles. The zero-order valence-corrected chi connectivity index (χ0v) is 91.5. The molecule has 5 aromatic rings. The van der Waals surface area contributed by atoms with Crippen LogP contribution in [0.3, 0.4) is 0 Å². The van der Waals surface area contributed by atoms with Crippen molar-refractivity contribution in [3.63, 3.8) is 0 Å². The summed E-state index contributed by atoms with van der Waals surface area (Å²) in [5, 5.41) is 51.1. The normalized spacial score (nSPS) is 18.8. The number of aliphatic carboxylic acids is 1. The molecule has 14 heterocycles. The van der Waals surface area contributed by atoms with Crippen LogP contribution < -0.4 is 59.2 Å². The Morgan fingerprint density at radius 1 is 0.387 bits per heavy atom. The Morgan fingerprint density at radius 3 is 0.940 bits per heavy atom. The van der Waals surface area contributed by atoms with Gasteiger partial charge in [-0.3, -0.25) is 28.8 Å². The van der Waals surface area contributed by atoms with Crippen molar-refractivity contribution in [3.05, 3.63) is 147 Å². The molecular weight excluding hydrogens is 2120 g/mol. The van der Waals surface area contributed by atoms with Gasteiger partial charge in [-0.1, -0.05) is 15.8 Å². The van der Waals surface area contributed by atoms with Crippen molar-refractivity contribution in [2.24, 2.45) is 15.1 Å². The monoisotopic (exact) mass is 2240 g/mol. The molecule has 7 amide bonds. The van der Waals surface area contributed by atoms with E-state index in [2.05, 4.69) is 42.8 Å². The number of nitrogens with zero attached hydrogens (tertiary/aromatic N) is 14. The number of anilines is 5. The van der Waals surface area contributed by atoms with E-state index in [1.807, 2.05) is 20.8 Å². The summed E-state index contributed by atoms with van der Waals surface area (Å²) in [6.07, 6.45) is 2.97. The second-order valence-electron chi connectivity index (χ2n) is 39.6. The van der Waals surface area contributed by atoms with Gasteiger partial charge in [0.15, 0.2) is 5.60 Å². The average molecular weight is 2250 g/mol. The van der Waals surface area contributed by atoms with E-state index in [-0.39, 0.29) is 105 Å². The number of nitrogens with one attached hydrogen (secondary N) is 4. The summed E-state index contributed by atoms with van der Waals surface area (Å²) in [7, 11) is -13.1. The summed E-state index contributed by atoms with van der Waals surface area (Å²) in [5.74, 6) is 0.227. The van der Waals surface area contributed by atoms with Crippen LogP contribution >= 0.6 is 34.9 Å². The number of hydrogen-bond donors (Lipinski definition) is 8. The molecule has 0 spiro atoms. The summed E-state index contributed by atoms with van der Waals surface area (Å²) in [6, 6.07) is 23.1. The third kappa shape index (κ3) is 27.6. The van der Waals surface area contributed by atoms with E-state index in [1.54, 1.807) is 89.5 Å². The minimum absolute atomic E-state index is 0. The van der Waals surface area contributed by atoms with Crippen LogP contribution in [-0.4, -0.2) is 348 Å². The van der Waals surface area contributed by atoms with E-state index in [4.69, 9.17) is 54.8 Å². The zero-order valence-electron chi connectivity index (χ0n) is 85.1. The van der Waals surface area contributed by atoms with Crippen molar-refractivity contribution < 1.29 is 129 Å². The summed E-state index contributed by atoms with van der Waals surface area (Å²) >= 11 is 4.55. The number of rotatable bonds is 13. The lowest BCUT2D eigenvalue weighted by molar-refractivity contribution is -0.154. The molecule has 0 radical (unpaired) electrons. The van der Waals surface area contributed by atoms with Gasteiger partial charge in [-0.15, -0.1) is 12.4 Å². The predicted octanol–water partition coefficient (Wildman–Crippen LogP) is 7.30. The number of carboxylic acids is 1. The van der Waals surface area contributed by atoms with Gasteiger partial charge in [-0.25, -0.2) is 51.7 Å². The average Bonchev–Trinajstić information content (AvgIpc) is 1.58. The SMILES string of the molecule is CC(=O)N1CCOc2ccc(S(=O)(=O)Cl)cc21.CC(=O)N1CCOc2ccc(S(=O)(=O)N3CC4=C(CCC4)C3)cc21.CC(=O)N1CCOc2ccc(S(=O)(=O)N3CC4=C(CN(C(=O)C(C)(C)O)C4)C3)cc21.CC(=O)N1CCOc2ccc(S(=O)(=O)N3CC4=C(CNC4)C3)cc21.CC(C)(C)OC(=O)N1CC2=C(CNC2)C1.CC(C)(O)C(=O)N1CC2=C(C1)CN(S(=O)(=O)c1ccc3c(c1)NCCO3)C2.CC(C)(O)C(=O)O.Cl.N=NN=NCl. The summed E-state index contributed by atoms with van der Waals surface area (Å²) in [4.78, 5) is 105. The van der Waals surface area contributed by atoms with Gasteiger partial charge < -0.3 is 99.1 Å². The molecule has 150 heavy (non-hydrogen) atoms. The molecule has 15 aliphatic rings. The first-order chi connectivity index (χ1) is 69.8. The van der Waals surface area contributed by atoms with E-state index in [9.17, 15) is 90.7 Å². The predicted molar refractivity (Wildman–Crippen MR) is 554 cm³/mol. The third-order valence-electron chi connectivity index (χ3n) is 26.1. The summed E-state index contributed by atoms with van der Waals surface area (Å²) in [5.41, 5.74) is 14.9. The lowest BCUT2D eigenvalue weighted by Crippen LogP contribution is -2.45. The lowest BCUT2D eigenvalue weighted by atomic mass is 10.1. The van der Waals surface area contributed by atoms with Gasteiger partial charge in [-0.2, -0.15) is 22.8 Å². The quantitative estimate of drug-likeness (QED) is 0.0248. The summed E-state index contributed by atoms with van der Waals surface area (Å²) < 4.78 is 168. The number of hydrogen-bond acceptors (Lipinski definition) is 32. The maximum atomic E-state index is 13.2. The first-order valence-corrected chi connectivity index (χ1v) is 56.1. The van der Waals surface area contributed by atoms with Crippen LogP contribution in [0.5, 0.6) is 28.7 Å². The zero-order chi connectivity index (χ0) is 109. The Kier molecular flexibility index (Phi) is 37.1. The Labute approximate surface area is 886 Å². The van der Waals surface area contributed by atoms with Crippen LogP contribution in [0.15, 0.2) is 186 Å². The van der Waals surface area contributed by atoms with Gasteiger partial charge >= 0.3 is 12.1 Å². The number of halogens is 3. The molecule has 20 rings (SSSR count). The highest BCUT2D eigenvalue weighted by Crippen LogP contribution is 2.44. The Hall–Kier alpha value is -11.4. The minimum atomic E-state index is -3.81. The molecule has 14 aliphatic heterocycles. The number of carboxylic acid groups (broad SMARTS) is 1. The van der Waals surface area contributed by atoms with Crippen molar-refractivity contribution in [1.82, 2.24) is 42.6 Å². The van der Waals surface area contributed by atoms with Crippen molar-refractivity contribution in [2.45, 2.75) is 156 Å². The highest BCUT2D eigenvalue weighted by Gasteiger charge is 2.46. The first kappa shape index (κ1) is 117. The Bertz CT molecular complexity index is 6720. The minimum Gasteiger partial charge on any atom is -0.490 e. The second-order valence-corrected chi connectivity index (χ2v) is 50.0. The molecular formula is C96H125Cl3N18O28S5. The van der Waals surface area contributed by atoms with E-state index in [0.29, 0.717) is 175 Å². The molecule has 0 saturated carbocycles. The van der Waals surface area contributed by atoms with Crippen LogP contribution in [0.25, 0.3) is 0 Å². The van der Waals surface area contributed by atoms with E-state index < -0.39 is 77.5 Å². The maximum Gasteiger partial charge on any atom is 0.410 e. The fourth-order valence-electron chi connectivity index (χ4n) is 18.5. The van der Waals surface area contributed by atoms with Crippen LogP contribution in [0.1, 0.15) is 109 Å². The molecule has 818 valence electrons. The molecule has 0 atom stereocenters. The highest BCUT2D eigenvalue weighted by atomic mass is 35.7. The van der Waals surface area contributed by atoms with E-state index >= 15 is 0 Å². The first-order valence-electron chi connectivity index (χ1n) is 47.7. The lowest BCUT2D eigenvalue weighted by Gasteiger charge is -2.30. The van der Waals surface area contributed by atoms with E-state index in [0.717, 1.165) is 80.8 Å². The molecule has 54 heteroatoms. The van der Waals surface area contributed by atoms with Gasteiger partial charge in [0, 0.05) is 163 Å². The second kappa shape index (κ2) is 47.5. The van der Waals surface area contributed by atoms with Crippen LogP contribution in [0.4, 0.5) is 33.2 Å². The van der Waals surface area contributed by atoms with Crippen LogP contribution in [0.2, 0.25) is 0 Å². The summed E-state index contributed by atoms with van der Waals surface area (Å²) in [6.45, 7) is 33.2.